The predicted molar refractivity (Wildman–Crippen MR) is 68.9 cm³/mol. The number of rotatable bonds is 3. The van der Waals surface area contributed by atoms with Gasteiger partial charge >= 0.3 is 5.97 Å². The number of hydrogen-bond donors (Lipinski definition) is 0. The predicted octanol–water partition coefficient (Wildman–Crippen LogP) is -0.112. The topological polar surface area (TPSA) is 89.5 Å². The molecule has 19 heavy (non-hydrogen) atoms. The van der Waals surface area contributed by atoms with E-state index >= 15 is 0 Å². The van der Waals surface area contributed by atoms with Gasteiger partial charge in [-0.25, -0.2) is 23.2 Å². The van der Waals surface area contributed by atoms with Gasteiger partial charge in [0, 0.05) is 19.3 Å². The van der Waals surface area contributed by atoms with Gasteiger partial charge in [-0.3, -0.25) is 0 Å². The van der Waals surface area contributed by atoms with Crippen LogP contribution in [0.15, 0.2) is 12.3 Å². The van der Waals surface area contributed by atoms with Crippen LogP contribution in [0.25, 0.3) is 0 Å². The molecule has 2 heterocycles. The fourth-order valence-electron chi connectivity index (χ4n) is 1.76. The van der Waals surface area contributed by atoms with Crippen LogP contribution < -0.4 is 4.90 Å². The number of hydrogen-bond acceptors (Lipinski definition) is 7. The third-order valence-corrected chi connectivity index (χ3v) is 4.38. The maximum atomic E-state index is 11.5. The first-order valence-electron chi connectivity index (χ1n) is 5.97. The number of sulfone groups is 1. The second-order valence-corrected chi connectivity index (χ2v) is 6.40. The molecule has 0 aromatic carbocycles. The van der Waals surface area contributed by atoms with Gasteiger partial charge in [0.05, 0.1) is 18.1 Å². The van der Waals surface area contributed by atoms with Crippen molar-refractivity contribution < 1.29 is 17.9 Å². The first-order chi connectivity index (χ1) is 9.02. The summed E-state index contributed by atoms with van der Waals surface area (Å²) < 4.78 is 27.5. The average Bonchev–Trinajstić information content (AvgIpc) is 2.39. The van der Waals surface area contributed by atoms with Gasteiger partial charge in [-0.15, -0.1) is 0 Å². The SMILES string of the molecule is CCOC(=O)c1nccc(N2CCS(=O)(=O)CC2)n1. The lowest BCUT2D eigenvalue weighted by Crippen LogP contribution is -2.40. The summed E-state index contributed by atoms with van der Waals surface area (Å²) in [4.78, 5) is 21.3. The number of nitrogens with zero attached hydrogens (tertiary/aromatic N) is 3. The molecule has 1 aromatic rings. The monoisotopic (exact) mass is 285 g/mol. The van der Waals surface area contributed by atoms with E-state index in [4.69, 9.17) is 4.74 Å². The van der Waals surface area contributed by atoms with Crippen molar-refractivity contribution in [1.29, 1.82) is 0 Å². The van der Waals surface area contributed by atoms with Crippen molar-refractivity contribution in [2.75, 3.05) is 36.1 Å². The zero-order valence-electron chi connectivity index (χ0n) is 10.6. The minimum Gasteiger partial charge on any atom is -0.460 e. The van der Waals surface area contributed by atoms with E-state index in [0.717, 1.165) is 0 Å². The second-order valence-electron chi connectivity index (χ2n) is 4.10. The Balaban J connectivity index is 2.13. The summed E-state index contributed by atoms with van der Waals surface area (Å²) in [7, 11) is -2.94. The van der Waals surface area contributed by atoms with Crippen molar-refractivity contribution >= 4 is 21.6 Å². The molecule has 104 valence electrons. The highest BCUT2D eigenvalue weighted by Crippen LogP contribution is 2.14. The minimum absolute atomic E-state index is 0.00668. The van der Waals surface area contributed by atoms with E-state index < -0.39 is 15.8 Å². The van der Waals surface area contributed by atoms with Gasteiger partial charge in [0.2, 0.25) is 5.82 Å². The first-order valence-corrected chi connectivity index (χ1v) is 7.79. The lowest BCUT2D eigenvalue weighted by atomic mass is 10.4. The largest absolute Gasteiger partial charge is 0.460 e. The highest BCUT2D eigenvalue weighted by molar-refractivity contribution is 7.91. The van der Waals surface area contributed by atoms with Crippen LogP contribution in [0.4, 0.5) is 5.82 Å². The molecule has 7 nitrogen and oxygen atoms in total. The Hall–Kier alpha value is -1.70. The normalized spacial score (nSPS) is 18.1. The fourth-order valence-corrected chi connectivity index (χ4v) is 2.96. The van der Waals surface area contributed by atoms with Gasteiger partial charge in [-0.05, 0) is 13.0 Å². The van der Waals surface area contributed by atoms with Crippen molar-refractivity contribution in [1.82, 2.24) is 9.97 Å². The Morgan fingerprint density at radius 2 is 2.11 bits per heavy atom. The van der Waals surface area contributed by atoms with E-state index in [1.807, 2.05) is 4.90 Å². The number of anilines is 1. The van der Waals surface area contributed by atoms with Crippen LogP contribution in [0.5, 0.6) is 0 Å². The summed E-state index contributed by atoms with van der Waals surface area (Å²) in [6, 6.07) is 1.65. The second kappa shape index (κ2) is 5.52. The number of aromatic nitrogens is 2. The Morgan fingerprint density at radius 1 is 1.42 bits per heavy atom. The standard InChI is InChI=1S/C11H15N3O4S/c1-2-18-11(15)10-12-4-3-9(13-10)14-5-7-19(16,17)8-6-14/h3-4H,2,5-8H2,1H3. The van der Waals surface area contributed by atoms with Gasteiger partial charge < -0.3 is 9.64 Å². The number of esters is 1. The molecule has 0 amide bonds. The van der Waals surface area contributed by atoms with Crippen LogP contribution in [0.1, 0.15) is 17.5 Å². The smallest absolute Gasteiger partial charge is 0.376 e. The van der Waals surface area contributed by atoms with Gasteiger partial charge in [-0.2, -0.15) is 0 Å². The van der Waals surface area contributed by atoms with Crippen molar-refractivity contribution in [3.63, 3.8) is 0 Å². The maximum Gasteiger partial charge on any atom is 0.376 e. The lowest BCUT2D eigenvalue weighted by Gasteiger charge is -2.27. The van der Waals surface area contributed by atoms with E-state index in [9.17, 15) is 13.2 Å². The van der Waals surface area contributed by atoms with Crippen molar-refractivity contribution in [3.8, 4) is 0 Å². The lowest BCUT2D eigenvalue weighted by molar-refractivity contribution is 0.0512. The third-order valence-electron chi connectivity index (χ3n) is 2.77. The van der Waals surface area contributed by atoms with Gasteiger partial charge in [-0.1, -0.05) is 0 Å². The van der Waals surface area contributed by atoms with Gasteiger partial charge in [0.15, 0.2) is 9.84 Å². The van der Waals surface area contributed by atoms with E-state index in [1.54, 1.807) is 13.0 Å². The van der Waals surface area contributed by atoms with Crippen LogP contribution in [0.3, 0.4) is 0 Å². The zero-order valence-corrected chi connectivity index (χ0v) is 11.4. The summed E-state index contributed by atoms with van der Waals surface area (Å²) in [5.41, 5.74) is 0. The van der Waals surface area contributed by atoms with Crippen LogP contribution in [-0.2, 0) is 14.6 Å². The summed E-state index contributed by atoms with van der Waals surface area (Å²) in [5.74, 6) is 0.173. The third kappa shape index (κ3) is 3.40. The molecule has 1 aromatic heterocycles. The molecule has 0 radical (unpaired) electrons. The Bertz CT molecular complexity index is 559. The van der Waals surface area contributed by atoms with E-state index in [0.29, 0.717) is 18.9 Å². The van der Waals surface area contributed by atoms with Crippen molar-refractivity contribution in [2.45, 2.75) is 6.92 Å². The molecule has 2 rings (SSSR count). The van der Waals surface area contributed by atoms with E-state index in [-0.39, 0.29) is 23.9 Å². The maximum absolute atomic E-state index is 11.5. The molecule has 0 saturated carbocycles. The molecule has 8 heteroatoms. The molecule has 0 atom stereocenters. The first kappa shape index (κ1) is 13.7. The Morgan fingerprint density at radius 3 is 2.74 bits per heavy atom. The van der Waals surface area contributed by atoms with Crippen LogP contribution in [-0.4, -0.2) is 55.6 Å². The van der Waals surface area contributed by atoms with E-state index in [2.05, 4.69) is 9.97 Å². The minimum atomic E-state index is -2.94. The van der Waals surface area contributed by atoms with Crippen LogP contribution in [0, 0.1) is 0 Å². The molecule has 0 bridgehead atoms. The van der Waals surface area contributed by atoms with Crippen molar-refractivity contribution in [2.24, 2.45) is 0 Å². The fraction of sp³-hybridized carbons (Fsp3) is 0.545. The summed E-state index contributed by atoms with van der Waals surface area (Å²) in [5, 5.41) is 0. The molecule has 1 saturated heterocycles. The molecule has 1 fully saturated rings. The molecule has 0 N–H and O–H groups in total. The Labute approximate surface area is 111 Å². The quantitative estimate of drug-likeness (QED) is 0.716. The van der Waals surface area contributed by atoms with Crippen molar-refractivity contribution in [3.05, 3.63) is 18.1 Å². The molecule has 0 spiro atoms. The summed E-state index contributed by atoms with van der Waals surface area (Å²) in [6.07, 6.45) is 1.47. The summed E-state index contributed by atoms with van der Waals surface area (Å²) >= 11 is 0. The molecule has 1 aliphatic rings. The Kier molecular flexibility index (Phi) is 3.98. The van der Waals surface area contributed by atoms with Crippen LogP contribution in [0.2, 0.25) is 0 Å². The summed E-state index contributed by atoms with van der Waals surface area (Å²) in [6.45, 7) is 2.72. The van der Waals surface area contributed by atoms with Crippen LogP contribution >= 0.6 is 0 Å². The number of carbonyl (C=O) groups excluding carboxylic acids is 1. The number of carbonyl (C=O) groups is 1. The van der Waals surface area contributed by atoms with Gasteiger partial charge in [0.1, 0.15) is 5.82 Å². The zero-order chi connectivity index (χ0) is 13.9. The van der Waals surface area contributed by atoms with Gasteiger partial charge in [0.25, 0.3) is 0 Å². The highest BCUT2D eigenvalue weighted by Gasteiger charge is 2.23. The molecule has 0 aliphatic carbocycles. The number of ether oxygens (including phenoxy) is 1. The average molecular weight is 285 g/mol. The molecule has 0 unspecified atom stereocenters. The highest BCUT2D eigenvalue weighted by atomic mass is 32.2. The molecule has 1 aliphatic heterocycles. The molecular weight excluding hydrogens is 270 g/mol. The van der Waals surface area contributed by atoms with E-state index in [1.165, 1.54) is 6.20 Å². The molecular formula is C11H15N3O4S.